The van der Waals surface area contributed by atoms with Gasteiger partial charge in [0.05, 0.1) is 25.8 Å². The van der Waals surface area contributed by atoms with Gasteiger partial charge in [0.25, 0.3) is 0 Å². The Balaban J connectivity index is 2.04. The maximum Gasteiger partial charge on any atom is 0.220 e. The summed E-state index contributed by atoms with van der Waals surface area (Å²) in [6.07, 6.45) is 1.44. The lowest BCUT2D eigenvalue weighted by molar-refractivity contribution is -0.123. The topological polar surface area (TPSA) is 108 Å². The number of methoxy groups -OCH3 is 2. The molecule has 9 nitrogen and oxygen atoms in total. The molecule has 0 spiro atoms. The van der Waals surface area contributed by atoms with Crippen LogP contribution in [-0.4, -0.2) is 58.3 Å². The molecule has 0 saturated carbocycles. The predicted molar refractivity (Wildman–Crippen MR) is 108 cm³/mol. The number of hydrogen-bond donors (Lipinski definition) is 1. The SMILES string of the molecule is COc1ccc([C@@H](c2nnnn2C(C)(C)C)N2CCC(C(N)=O)CC2)cc1OC. The van der Waals surface area contributed by atoms with Crippen molar-refractivity contribution in [3.05, 3.63) is 29.6 Å². The normalized spacial score (nSPS) is 17.1. The van der Waals surface area contributed by atoms with Gasteiger partial charge in [-0.2, -0.15) is 0 Å². The minimum absolute atomic E-state index is 0.0871. The van der Waals surface area contributed by atoms with Crippen molar-refractivity contribution in [3.63, 3.8) is 0 Å². The van der Waals surface area contributed by atoms with E-state index in [0.717, 1.165) is 37.3 Å². The molecule has 158 valence electrons. The molecule has 9 heteroatoms. The van der Waals surface area contributed by atoms with E-state index < -0.39 is 0 Å². The van der Waals surface area contributed by atoms with E-state index in [1.807, 2.05) is 22.9 Å². The van der Waals surface area contributed by atoms with Crippen LogP contribution in [-0.2, 0) is 10.3 Å². The summed E-state index contributed by atoms with van der Waals surface area (Å²) in [6, 6.07) is 5.68. The van der Waals surface area contributed by atoms with Gasteiger partial charge in [-0.15, -0.1) is 5.10 Å². The Hall–Kier alpha value is -2.68. The smallest absolute Gasteiger partial charge is 0.220 e. The fourth-order valence-electron chi connectivity index (χ4n) is 3.83. The number of amides is 1. The van der Waals surface area contributed by atoms with Gasteiger partial charge in [0.15, 0.2) is 17.3 Å². The van der Waals surface area contributed by atoms with Gasteiger partial charge in [-0.1, -0.05) is 6.07 Å². The monoisotopic (exact) mass is 402 g/mol. The molecule has 2 heterocycles. The Bertz CT molecular complexity index is 852. The molecule has 0 radical (unpaired) electrons. The molecular weight excluding hydrogens is 372 g/mol. The second-order valence-electron chi connectivity index (χ2n) is 8.35. The number of piperidine rings is 1. The van der Waals surface area contributed by atoms with E-state index >= 15 is 0 Å². The molecule has 3 rings (SSSR count). The van der Waals surface area contributed by atoms with Gasteiger partial charge >= 0.3 is 0 Å². The van der Waals surface area contributed by atoms with Crippen molar-refractivity contribution in [1.29, 1.82) is 0 Å². The number of carbonyl (C=O) groups is 1. The molecule has 2 aromatic rings. The molecule has 29 heavy (non-hydrogen) atoms. The number of primary amides is 1. The first-order valence-electron chi connectivity index (χ1n) is 9.80. The highest BCUT2D eigenvalue weighted by Crippen LogP contribution is 2.37. The van der Waals surface area contributed by atoms with E-state index in [4.69, 9.17) is 15.2 Å². The molecule has 1 saturated heterocycles. The number of hydrogen-bond acceptors (Lipinski definition) is 7. The minimum atomic E-state index is -0.279. The zero-order valence-corrected chi connectivity index (χ0v) is 17.8. The third kappa shape index (κ3) is 4.34. The van der Waals surface area contributed by atoms with Gasteiger partial charge in [0.1, 0.15) is 0 Å². The Kier molecular flexibility index (Phi) is 6.07. The highest BCUT2D eigenvalue weighted by molar-refractivity contribution is 5.76. The van der Waals surface area contributed by atoms with E-state index in [0.29, 0.717) is 11.5 Å². The van der Waals surface area contributed by atoms with Gasteiger partial charge in [-0.25, -0.2) is 4.68 Å². The van der Waals surface area contributed by atoms with E-state index in [2.05, 4.69) is 41.2 Å². The fourth-order valence-corrected chi connectivity index (χ4v) is 3.83. The van der Waals surface area contributed by atoms with Crippen LogP contribution >= 0.6 is 0 Å². The number of aromatic nitrogens is 4. The van der Waals surface area contributed by atoms with Crippen molar-refractivity contribution in [2.24, 2.45) is 11.7 Å². The highest BCUT2D eigenvalue weighted by Gasteiger charge is 2.35. The Morgan fingerprint density at radius 2 is 1.83 bits per heavy atom. The summed E-state index contributed by atoms with van der Waals surface area (Å²) in [5.74, 6) is 1.75. The minimum Gasteiger partial charge on any atom is -0.493 e. The van der Waals surface area contributed by atoms with Gasteiger partial charge in [0.2, 0.25) is 5.91 Å². The van der Waals surface area contributed by atoms with Crippen LogP contribution in [0.2, 0.25) is 0 Å². The molecule has 0 bridgehead atoms. The van der Waals surface area contributed by atoms with E-state index in [1.54, 1.807) is 14.2 Å². The Labute approximate surface area is 171 Å². The summed E-state index contributed by atoms with van der Waals surface area (Å²) < 4.78 is 12.8. The van der Waals surface area contributed by atoms with Gasteiger partial charge < -0.3 is 15.2 Å². The summed E-state index contributed by atoms with van der Waals surface area (Å²) in [6.45, 7) is 7.65. The maximum atomic E-state index is 11.6. The molecule has 1 aliphatic rings. The van der Waals surface area contributed by atoms with Gasteiger partial charge in [0, 0.05) is 5.92 Å². The van der Waals surface area contributed by atoms with Crippen LogP contribution in [0.5, 0.6) is 11.5 Å². The number of ether oxygens (including phenoxy) is 2. The van der Waals surface area contributed by atoms with Crippen molar-refractivity contribution in [1.82, 2.24) is 25.1 Å². The lowest BCUT2D eigenvalue weighted by Gasteiger charge is -2.37. The third-order valence-electron chi connectivity index (χ3n) is 5.39. The molecular formula is C20H30N6O3. The molecule has 1 atom stereocenters. The first-order chi connectivity index (χ1) is 13.8. The number of tetrazole rings is 1. The first-order valence-corrected chi connectivity index (χ1v) is 9.80. The quantitative estimate of drug-likeness (QED) is 0.784. The van der Waals surface area contributed by atoms with E-state index in [9.17, 15) is 4.79 Å². The van der Waals surface area contributed by atoms with Gasteiger partial charge in [-0.05, 0) is 74.8 Å². The molecule has 1 aromatic carbocycles. The van der Waals surface area contributed by atoms with Crippen LogP contribution in [0.25, 0.3) is 0 Å². The number of likely N-dealkylation sites (tertiary alicyclic amines) is 1. The zero-order chi connectivity index (χ0) is 21.2. The first kappa shape index (κ1) is 21.0. The summed E-state index contributed by atoms with van der Waals surface area (Å²) in [4.78, 5) is 13.9. The third-order valence-corrected chi connectivity index (χ3v) is 5.39. The number of nitrogens with two attached hydrogens (primary N) is 1. The summed E-state index contributed by atoms with van der Waals surface area (Å²) in [5.41, 5.74) is 6.24. The van der Waals surface area contributed by atoms with Crippen LogP contribution in [0, 0.1) is 5.92 Å². The summed E-state index contributed by atoms with van der Waals surface area (Å²) in [7, 11) is 3.23. The van der Waals surface area contributed by atoms with Crippen molar-refractivity contribution < 1.29 is 14.3 Å². The largest absolute Gasteiger partial charge is 0.493 e. The van der Waals surface area contributed by atoms with Crippen molar-refractivity contribution in [2.45, 2.75) is 45.2 Å². The molecule has 0 aliphatic carbocycles. The van der Waals surface area contributed by atoms with Crippen molar-refractivity contribution in [2.75, 3.05) is 27.3 Å². The average molecular weight is 402 g/mol. The lowest BCUT2D eigenvalue weighted by Crippen LogP contribution is -2.42. The number of nitrogens with zero attached hydrogens (tertiary/aromatic N) is 5. The number of rotatable bonds is 6. The average Bonchev–Trinajstić information content (AvgIpc) is 3.18. The Morgan fingerprint density at radius 1 is 1.17 bits per heavy atom. The van der Waals surface area contributed by atoms with E-state index in [1.165, 1.54) is 0 Å². The van der Waals surface area contributed by atoms with Crippen LogP contribution in [0.15, 0.2) is 18.2 Å². The fraction of sp³-hybridized carbons (Fsp3) is 0.600. The summed E-state index contributed by atoms with van der Waals surface area (Å²) >= 11 is 0. The molecule has 1 amide bonds. The molecule has 0 unspecified atom stereocenters. The van der Waals surface area contributed by atoms with Crippen molar-refractivity contribution >= 4 is 5.91 Å². The number of carbonyl (C=O) groups excluding carboxylic acids is 1. The Morgan fingerprint density at radius 3 is 2.38 bits per heavy atom. The molecule has 2 N–H and O–H groups in total. The summed E-state index contributed by atoms with van der Waals surface area (Å²) in [5, 5.41) is 12.6. The molecule has 1 aliphatic heterocycles. The van der Waals surface area contributed by atoms with Crippen LogP contribution < -0.4 is 15.2 Å². The highest BCUT2D eigenvalue weighted by atomic mass is 16.5. The standard InChI is InChI=1S/C20H30N6O3/c1-20(2,3)26-19(22-23-24-26)17(25-10-8-13(9-11-25)18(21)27)14-6-7-15(28-4)16(12-14)29-5/h6-7,12-13,17H,8-11H2,1-5H3,(H2,21,27)/t17-/m0/s1. The van der Waals surface area contributed by atoms with Crippen LogP contribution in [0.1, 0.15) is 51.0 Å². The van der Waals surface area contributed by atoms with Crippen molar-refractivity contribution in [3.8, 4) is 11.5 Å². The second-order valence-corrected chi connectivity index (χ2v) is 8.35. The van der Waals surface area contributed by atoms with Crippen LogP contribution in [0.4, 0.5) is 0 Å². The van der Waals surface area contributed by atoms with Crippen LogP contribution in [0.3, 0.4) is 0 Å². The maximum absolute atomic E-state index is 11.6. The zero-order valence-electron chi connectivity index (χ0n) is 17.8. The molecule has 1 aromatic heterocycles. The lowest BCUT2D eigenvalue weighted by atomic mass is 9.93. The predicted octanol–water partition coefficient (Wildman–Crippen LogP) is 1.73. The van der Waals surface area contributed by atoms with Gasteiger partial charge in [-0.3, -0.25) is 9.69 Å². The second kappa shape index (κ2) is 8.36. The molecule has 1 fully saturated rings. The number of benzene rings is 1. The van der Waals surface area contributed by atoms with E-state index in [-0.39, 0.29) is 23.4 Å².